The number of alkyl halides is 1. The molecule has 1 atom stereocenters. The van der Waals surface area contributed by atoms with E-state index < -0.39 is 17.7 Å². The zero-order chi connectivity index (χ0) is 13.3. The van der Waals surface area contributed by atoms with Crippen molar-refractivity contribution in [3.63, 3.8) is 0 Å². The molecule has 0 amide bonds. The second-order valence-corrected chi connectivity index (χ2v) is 4.73. The second kappa shape index (κ2) is 5.53. The molecule has 92 valence electrons. The number of carbonyl (C=O) groups excluding carboxylic acids is 2. The van der Waals surface area contributed by atoms with Crippen molar-refractivity contribution in [2.45, 2.75) is 13.1 Å². The molecule has 0 aromatic heterocycles. The first-order valence-electron chi connectivity index (χ1n) is 4.29. The lowest BCUT2D eigenvalue weighted by atomic mass is 10.0. The van der Waals surface area contributed by atoms with Gasteiger partial charge in [-0.25, -0.2) is 4.39 Å². The number of rotatable bonds is 3. The van der Waals surface area contributed by atoms with Crippen molar-refractivity contribution in [3.05, 3.63) is 31.7 Å². The maximum absolute atomic E-state index is 13.3. The Balaban J connectivity index is 3.34. The van der Waals surface area contributed by atoms with E-state index in [0.29, 0.717) is 0 Å². The largest absolute Gasteiger partial charge is 0.296 e. The van der Waals surface area contributed by atoms with Crippen LogP contribution in [0.5, 0.6) is 0 Å². The zero-order valence-corrected chi connectivity index (χ0v) is 11.4. The molecule has 1 rings (SSSR count). The van der Waals surface area contributed by atoms with Crippen LogP contribution in [0.25, 0.3) is 0 Å². The Morgan fingerprint density at radius 2 is 1.65 bits per heavy atom. The normalized spacial score (nSPS) is 12.4. The molecule has 0 aliphatic heterocycles. The van der Waals surface area contributed by atoms with Crippen LogP contribution < -0.4 is 0 Å². The van der Waals surface area contributed by atoms with Gasteiger partial charge in [-0.2, -0.15) is 0 Å². The first kappa shape index (κ1) is 14.7. The number of halogens is 5. The molecule has 2 nitrogen and oxygen atoms in total. The summed E-state index contributed by atoms with van der Waals surface area (Å²) in [7, 11) is 0. The van der Waals surface area contributed by atoms with E-state index >= 15 is 0 Å². The summed E-state index contributed by atoms with van der Waals surface area (Å²) >= 11 is 22.8. The lowest BCUT2D eigenvalue weighted by molar-refractivity contribution is -0.120. The third-order valence-corrected chi connectivity index (χ3v) is 3.71. The van der Waals surface area contributed by atoms with E-state index in [0.717, 1.165) is 13.0 Å². The summed E-state index contributed by atoms with van der Waals surface area (Å²) < 4.78 is 13.3. The fourth-order valence-corrected chi connectivity index (χ4v) is 1.97. The Morgan fingerprint density at radius 1 is 1.12 bits per heavy atom. The number of ketones is 2. The van der Waals surface area contributed by atoms with E-state index in [2.05, 4.69) is 0 Å². The van der Waals surface area contributed by atoms with Crippen molar-refractivity contribution in [2.24, 2.45) is 0 Å². The Kier molecular flexibility index (Phi) is 4.78. The molecular formula is C10H5Cl4FO2. The van der Waals surface area contributed by atoms with Crippen LogP contribution in [-0.2, 0) is 4.79 Å². The first-order chi connectivity index (χ1) is 7.77. The highest BCUT2D eigenvalue weighted by molar-refractivity contribution is 6.52. The standard InChI is InChI=1S/C10H5Cl4FO2/c1-3(16)9(15)10(17)4-2-5(11)7(13)8(14)6(4)12/h2,9H,1H3. The minimum atomic E-state index is -2.29. The predicted molar refractivity (Wildman–Crippen MR) is 66.4 cm³/mol. The molecule has 0 saturated heterocycles. The number of benzene rings is 1. The summed E-state index contributed by atoms with van der Waals surface area (Å²) in [5.74, 6) is -2.02. The molecule has 7 heteroatoms. The number of hydrogen-bond donors (Lipinski definition) is 0. The van der Waals surface area contributed by atoms with Crippen LogP contribution in [-0.4, -0.2) is 17.7 Å². The van der Waals surface area contributed by atoms with Crippen molar-refractivity contribution in [2.75, 3.05) is 0 Å². The van der Waals surface area contributed by atoms with Gasteiger partial charge in [0, 0.05) is 5.56 Å². The van der Waals surface area contributed by atoms with Gasteiger partial charge in [0.25, 0.3) is 0 Å². The molecule has 0 radical (unpaired) electrons. The SMILES string of the molecule is CC(=O)C(F)C(=O)c1cc(Cl)c(Cl)c(Cl)c1Cl. The van der Waals surface area contributed by atoms with Gasteiger partial charge in [-0.05, 0) is 13.0 Å². The van der Waals surface area contributed by atoms with Crippen molar-refractivity contribution in [1.82, 2.24) is 0 Å². The van der Waals surface area contributed by atoms with Gasteiger partial charge >= 0.3 is 0 Å². The smallest absolute Gasteiger partial charge is 0.220 e. The van der Waals surface area contributed by atoms with E-state index in [-0.39, 0.29) is 25.7 Å². The number of carbonyl (C=O) groups is 2. The molecule has 0 fully saturated rings. The van der Waals surface area contributed by atoms with Crippen LogP contribution in [0.2, 0.25) is 20.1 Å². The number of hydrogen-bond acceptors (Lipinski definition) is 2. The molecule has 1 aromatic carbocycles. The van der Waals surface area contributed by atoms with Gasteiger partial charge in [0.05, 0.1) is 20.1 Å². The van der Waals surface area contributed by atoms with Crippen LogP contribution in [0.1, 0.15) is 17.3 Å². The van der Waals surface area contributed by atoms with E-state index in [9.17, 15) is 14.0 Å². The highest BCUT2D eigenvalue weighted by atomic mass is 35.5. The molecule has 1 unspecified atom stereocenters. The average molecular weight is 318 g/mol. The quantitative estimate of drug-likeness (QED) is 0.358. The minimum Gasteiger partial charge on any atom is -0.296 e. The van der Waals surface area contributed by atoms with E-state index in [4.69, 9.17) is 46.4 Å². The lowest BCUT2D eigenvalue weighted by Gasteiger charge is -2.09. The highest BCUT2D eigenvalue weighted by Crippen LogP contribution is 2.38. The molecule has 17 heavy (non-hydrogen) atoms. The second-order valence-electron chi connectivity index (χ2n) is 3.19. The maximum Gasteiger partial charge on any atom is 0.220 e. The van der Waals surface area contributed by atoms with Gasteiger partial charge in [0.15, 0.2) is 5.78 Å². The monoisotopic (exact) mass is 316 g/mol. The third-order valence-electron chi connectivity index (χ3n) is 1.96. The summed E-state index contributed by atoms with van der Waals surface area (Å²) in [5, 5.41) is -0.455. The van der Waals surface area contributed by atoms with Crippen molar-refractivity contribution >= 4 is 58.0 Å². The zero-order valence-electron chi connectivity index (χ0n) is 8.36. The Hall–Kier alpha value is -0.350. The van der Waals surface area contributed by atoms with E-state index in [1.54, 1.807) is 0 Å². The van der Waals surface area contributed by atoms with Crippen molar-refractivity contribution in [1.29, 1.82) is 0 Å². The third kappa shape index (κ3) is 2.91. The topological polar surface area (TPSA) is 34.1 Å². The maximum atomic E-state index is 13.3. The summed E-state index contributed by atoms with van der Waals surface area (Å²) in [4.78, 5) is 22.4. The fourth-order valence-electron chi connectivity index (χ4n) is 1.07. The van der Waals surface area contributed by atoms with E-state index in [1.807, 2.05) is 0 Å². The summed E-state index contributed by atoms with van der Waals surface area (Å²) in [6.45, 7) is 0.954. The van der Waals surface area contributed by atoms with Gasteiger partial charge in [0.2, 0.25) is 12.0 Å². The molecule has 0 aliphatic rings. The van der Waals surface area contributed by atoms with Crippen molar-refractivity contribution in [3.8, 4) is 0 Å². The van der Waals surface area contributed by atoms with Gasteiger partial charge in [-0.1, -0.05) is 46.4 Å². The summed E-state index contributed by atoms with van der Waals surface area (Å²) in [6, 6.07) is 1.08. The molecule has 0 aliphatic carbocycles. The van der Waals surface area contributed by atoms with Gasteiger partial charge < -0.3 is 0 Å². The number of Topliss-reactive ketones (excluding diaryl/α,β-unsaturated/α-hetero) is 2. The van der Waals surface area contributed by atoms with Crippen LogP contribution in [0.3, 0.4) is 0 Å². The van der Waals surface area contributed by atoms with Gasteiger partial charge in [-0.15, -0.1) is 0 Å². The van der Waals surface area contributed by atoms with Gasteiger partial charge in [-0.3, -0.25) is 9.59 Å². The molecule has 0 saturated carbocycles. The minimum absolute atomic E-state index is 0.0342. The van der Waals surface area contributed by atoms with Crippen LogP contribution in [0, 0.1) is 0 Å². The van der Waals surface area contributed by atoms with E-state index in [1.165, 1.54) is 0 Å². The first-order valence-corrected chi connectivity index (χ1v) is 5.80. The fraction of sp³-hybridized carbons (Fsp3) is 0.200. The molecule has 0 bridgehead atoms. The van der Waals surface area contributed by atoms with Crippen LogP contribution >= 0.6 is 46.4 Å². The van der Waals surface area contributed by atoms with Crippen LogP contribution in [0.4, 0.5) is 4.39 Å². The highest BCUT2D eigenvalue weighted by Gasteiger charge is 2.27. The molecule has 1 aromatic rings. The molecule has 0 spiro atoms. The summed E-state index contributed by atoms with van der Waals surface area (Å²) in [5.41, 5.74) is -0.270. The Labute approximate surface area is 117 Å². The van der Waals surface area contributed by atoms with Gasteiger partial charge in [0.1, 0.15) is 0 Å². The molecular weight excluding hydrogens is 313 g/mol. The Bertz CT molecular complexity index is 502. The lowest BCUT2D eigenvalue weighted by Crippen LogP contribution is -2.23. The average Bonchev–Trinajstić information content (AvgIpc) is 2.29. The molecule has 0 heterocycles. The predicted octanol–water partition coefficient (Wildman–Crippen LogP) is 4.41. The Morgan fingerprint density at radius 3 is 2.12 bits per heavy atom. The molecule has 0 N–H and O–H groups in total. The summed E-state index contributed by atoms with van der Waals surface area (Å²) in [6.07, 6.45) is -2.29. The van der Waals surface area contributed by atoms with Crippen molar-refractivity contribution < 1.29 is 14.0 Å². The van der Waals surface area contributed by atoms with Crippen LogP contribution in [0.15, 0.2) is 6.07 Å².